The fourth-order valence-corrected chi connectivity index (χ4v) is 2.41. The van der Waals surface area contributed by atoms with Crippen molar-refractivity contribution in [1.29, 1.82) is 0 Å². The predicted octanol–water partition coefficient (Wildman–Crippen LogP) is 1.64. The average Bonchev–Trinajstić information content (AvgIpc) is 2.79. The molecule has 2 N–H and O–H groups in total. The Labute approximate surface area is 107 Å². The van der Waals surface area contributed by atoms with Gasteiger partial charge in [0.25, 0.3) is 0 Å². The zero-order valence-corrected chi connectivity index (χ0v) is 10.8. The highest BCUT2D eigenvalue weighted by Gasteiger charge is 2.19. The number of hydrogen-bond donors (Lipinski definition) is 1. The molecule has 88 valence electrons. The number of aromatic nitrogens is 3. The number of benzene rings is 1. The van der Waals surface area contributed by atoms with Crippen molar-refractivity contribution in [3.63, 3.8) is 0 Å². The number of anilines is 2. The molecule has 2 heterocycles. The van der Waals surface area contributed by atoms with Crippen LogP contribution in [0.15, 0.2) is 29.0 Å². The molecule has 3 rings (SSSR count). The zero-order chi connectivity index (χ0) is 11.8. The Bertz CT molecular complexity index is 551. The summed E-state index contributed by atoms with van der Waals surface area (Å²) in [5, 5.41) is 8.02. The number of nitrogens with zero attached hydrogens (tertiary/aromatic N) is 4. The lowest BCUT2D eigenvalue weighted by Crippen LogP contribution is -2.34. The molecule has 5 nitrogen and oxygen atoms in total. The van der Waals surface area contributed by atoms with Crippen molar-refractivity contribution in [3.8, 4) is 0 Å². The molecule has 6 heteroatoms. The Morgan fingerprint density at radius 3 is 3.06 bits per heavy atom. The largest absolute Gasteiger partial charge is 0.397 e. The Balaban J connectivity index is 1.94. The lowest BCUT2D eigenvalue weighted by molar-refractivity contribution is 0.560. The summed E-state index contributed by atoms with van der Waals surface area (Å²) >= 11 is 3.47. The molecule has 1 aliphatic rings. The van der Waals surface area contributed by atoms with Gasteiger partial charge in [0.2, 0.25) is 0 Å². The second-order valence-corrected chi connectivity index (χ2v) is 4.98. The van der Waals surface area contributed by atoms with Crippen LogP contribution in [-0.4, -0.2) is 21.3 Å². The van der Waals surface area contributed by atoms with Crippen molar-refractivity contribution in [3.05, 3.63) is 34.8 Å². The van der Waals surface area contributed by atoms with E-state index in [1.54, 1.807) is 6.33 Å². The van der Waals surface area contributed by atoms with Gasteiger partial charge in [0.1, 0.15) is 6.33 Å². The standard InChI is InChI=1S/C11H12BrN5/c12-8-1-2-9(13)10(5-8)16-3-4-17-7-14-15-11(17)6-16/h1-2,5,7H,3-4,6,13H2. The van der Waals surface area contributed by atoms with Crippen LogP contribution in [-0.2, 0) is 13.1 Å². The minimum absolute atomic E-state index is 0.751. The van der Waals surface area contributed by atoms with Gasteiger partial charge >= 0.3 is 0 Å². The van der Waals surface area contributed by atoms with Crippen molar-refractivity contribution < 1.29 is 0 Å². The van der Waals surface area contributed by atoms with Gasteiger partial charge in [-0.15, -0.1) is 10.2 Å². The van der Waals surface area contributed by atoms with Crippen molar-refractivity contribution in [2.75, 3.05) is 17.2 Å². The number of halogens is 1. The van der Waals surface area contributed by atoms with E-state index in [2.05, 4.69) is 35.6 Å². The van der Waals surface area contributed by atoms with E-state index in [0.717, 1.165) is 41.3 Å². The van der Waals surface area contributed by atoms with Crippen LogP contribution >= 0.6 is 15.9 Å². The minimum atomic E-state index is 0.751. The fourth-order valence-electron chi connectivity index (χ4n) is 2.06. The van der Waals surface area contributed by atoms with Gasteiger partial charge in [-0.25, -0.2) is 0 Å². The molecule has 0 amide bonds. The lowest BCUT2D eigenvalue weighted by atomic mass is 10.2. The molecular formula is C11H12BrN5. The van der Waals surface area contributed by atoms with E-state index in [1.807, 2.05) is 18.2 Å². The SMILES string of the molecule is Nc1ccc(Br)cc1N1CCn2cnnc2C1. The highest BCUT2D eigenvalue weighted by molar-refractivity contribution is 9.10. The van der Waals surface area contributed by atoms with Gasteiger partial charge in [-0.1, -0.05) is 15.9 Å². The summed E-state index contributed by atoms with van der Waals surface area (Å²) in [6.45, 7) is 2.57. The molecular weight excluding hydrogens is 282 g/mol. The number of fused-ring (bicyclic) bond motifs is 1. The van der Waals surface area contributed by atoms with E-state index in [0.29, 0.717) is 0 Å². The fraction of sp³-hybridized carbons (Fsp3) is 0.273. The van der Waals surface area contributed by atoms with Gasteiger partial charge in [-0.05, 0) is 18.2 Å². The summed E-state index contributed by atoms with van der Waals surface area (Å²) in [6.07, 6.45) is 1.77. The predicted molar refractivity (Wildman–Crippen MR) is 69.6 cm³/mol. The third-order valence-corrected chi connectivity index (χ3v) is 3.47. The van der Waals surface area contributed by atoms with Crippen LogP contribution in [0.2, 0.25) is 0 Å². The quantitative estimate of drug-likeness (QED) is 0.812. The summed E-state index contributed by atoms with van der Waals surface area (Å²) in [6, 6.07) is 5.91. The molecule has 1 aromatic heterocycles. The van der Waals surface area contributed by atoms with Crippen LogP contribution in [0.5, 0.6) is 0 Å². The van der Waals surface area contributed by atoms with E-state index in [-0.39, 0.29) is 0 Å². The highest BCUT2D eigenvalue weighted by atomic mass is 79.9. The smallest absolute Gasteiger partial charge is 0.152 e. The molecule has 1 aliphatic heterocycles. The first-order chi connectivity index (χ1) is 8.24. The molecule has 0 fully saturated rings. The third-order valence-electron chi connectivity index (χ3n) is 2.97. The molecule has 0 saturated heterocycles. The Morgan fingerprint density at radius 1 is 1.29 bits per heavy atom. The summed E-state index contributed by atoms with van der Waals surface area (Å²) < 4.78 is 3.11. The molecule has 0 atom stereocenters. The van der Waals surface area contributed by atoms with E-state index >= 15 is 0 Å². The molecule has 0 saturated carbocycles. The normalized spacial score (nSPS) is 14.8. The molecule has 0 radical (unpaired) electrons. The molecule has 0 unspecified atom stereocenters. The first-order valence-electron chi connectivity index (χ1n) is 5.41. The van der Waals surface area contributed by atoms with E-state index in [4.69, 9.17) is 5.73 Å². The van der Waals surface area contributed by atoms with Crippen LogP contribution in [0.4, 0.5) is 11.4 Å². The van der Waals surface area contributed by atoms with Gasteiger partial charge < -0.3 is 15.2 Å². The maximum atomic E-state index is 6.01. The number of hydrogen-bond acceptors (Lipinski definition) is 4. The molecule has 0 spiro atoms. The molecule has 0 aliphatic carbocycles. The second kappa shape index (κ2) is 4.03. The third kappa shape index (κ3) is 1.88. The monoisotopic (exact) mass is 293 g/mol. The number of rotatable bonds is 1. The molecule has 17 heavy (non-hydrogen) atoms. The van der Waals surface area contributed by atoms with Gasteiger partial charge in [-0.3, -0.25) is 0 Å². The minimum Gasteiger partial charge on any atom is -0.397 e. The van der Waals surface area contributed by atoms with Crippen LogP contribution in [0.3, 0.4) is 0 Å². The van der Waals surface area contributed by atoms with Crippen LogP contribution in [0.25, 0.3) is 0 Å². The Morgan fingerprint density at radius 2 is 2.18 bits per heavy atom. The Kier molecular flexibility index (Phi) is 2.51. The highest BCUT2D eigenvalue weighted by Crippen LogP contribution is 2.29. The van der Waals surface area contributed by atoms with Gasteiger partial charge in [0.05, 0.1) is 17.9 Å². The molecule has 1 aromatic carbocycles. The van der Waals surface area contributed by atoms with Crippen molar-refractivity contribution >= 4 is 27.3 Å². The lowest BCUT2D eigenvalue weighted by Gasteiger charge is -2.30. The first-order valence-corrected chi connectivity index (χ1v) is 6.20. The summed E-state index contributed by atoms with van der Waals surface area (Å²) in [7, 11) is 0. The van der Waals surface area contributed by atoms with E-state index in [9.17, 15) is 0 Å². The van der Waals surface area contributed by atoms with Crippen LogP contribution in [0.1, 0.15) is 5.82 Å². The number of nitrogens with two attached hydrogens (primary N) is 1. The van der Waals surface area contributed by atoms with Crippen molar-refractivity contribution in [2.45, 2.75) is 13.1 Å². The van der Waals surface area contributed by atoms with Gasteiger partial charge in [-0.2, -0.15) is 0 Å². The van der Waals surface area contributed by atoms with Crippen molar-refractivity contribution in [1.82, 2.24) is 14.8 Å². The van der Waals surface area contributed by atoms with E-state index < -0.39 is 0 Å². The first kappa shape index (κ1) is 10.6. The van der Waals surface area contributed by atoms with Crippen LogP contribution < -0.4 is 10.6 Å². The molecule has 0 bridgehead atoms. The van der Waals surface area contributed by atoms with Gasteiger partial charge in [0.15, 0.2) is 5.82 Å². The summed E-state index contributed by atoms with van der Waals surface area (Å²) in [5.74, 6) is 0.982. The summed E-state index contributed by atoms with van der Waals surface area (Å²) in [4.78, 5) is 2.23. The molecule has 2 aromatic rings. The summed E-state index contributed by atoms with van der Waals surface area (Å²) in [5.41, 5.74) is 7.85. The van der Waals surface area contributed by atoms with Crippen molar-refractivity contribution in [2.24, 2.45) is 0 Å². The zero-order valence-electron chi connectivity index (χ0n) is 9.17. The average molecular weight is 294 g/mol. The van der Waals surface area contributed by atoms with Gasteiger partial charge in [0, 0.05) is 17.6 Å². The Hall–Kier alpha value is -1.56. The second-order valence-electron chi connectivity index (χ2n) is 4.07. The topological polar surface area (TPSA) is 60.0 Å². The number of nitrogen functional groups attached to an aromatic ring is 1. The maximum Gasteiger partial charge on any atom is 0.152 e. The van der Waals surface area contributed by atoms with E-state index in [1.165, 1.54) is 0 Å². The van der Waals surface area contributed by atoms with Crippen LogP contribution in [0, 0.1) is 0 Å². The maximum absolute atomic E-state index is 6.01.